The highest BCUT2D eigenvalue weighted by atomic mass is 28.3. The molecule has 0 saturated carbocycles. The van der Waals surface area contributed by atoms with E-state index >= 15 is 0 Å². The summed E-state index contributed by atoms with van der Waals surface area (Å²) in [6, 6.07) is 0. The Morgan fingerprint density at radius 1 is 0.824 bits per heavy atom. The SMILES string of the molecule is CC(O[SiH](C)C)c1c(F)c(F)c(F)c(F)c1F. The predicted molar refractivity (Wildman–Crippen MR) is 54.6 cm³/mol. The number of hydrogen-bond donors (Lipinski definition) is 0. The lowest BCUT2D eigenvalue weighted by Crippen LogP contribution is -2.16. The van der Waals surface area contributed by atoms with Gasteiger partial charge in [0.1, 0.15) is 0 Å². The Morgan fingerprint density at radius 3 is 1.53 bits per heavy atom. The van der Waals surface area contributed by atoms with Crippen molar-refractivity contribution < 1.29 is 26.4 Å². The molecule has 96 valence electrons. The number of benzene rings is 1. The Morgan fingerprint density at radius 2 is 1.18 bits per heavy atom. The standard InChI is InChI=1S/C10H11F5OSi/c1-4(16-17(2)3)5-6(11)8(13)10(15)9(14)7(5)12/h4,17H,1-3H3. The molecule has 0 radical (unpaired) electrons. The van der Waals surface area contributed by atoms with E-state index in [9.17, 15) is 22.0 Å². The molecule has 17 heavy (non-hydrogen) atoms. The molecule has 0 saturated heterocycles. The van der Waals surface area contributed by atoms with Crippen LogP contribution in [0.15, 0.2) is 0 Å². The van der Waals surface area contributed by atoms with Crippen LogP contribution in [0.1, 0.15) is 18.6 Å². The van der Waals surface area contributed by atoms with Gasteiger partial charge in [-0.15, -0.1) is 0 Å². The van der Waals surface area contributed by atoms with Crippen LogP contribution in [0.2, 0.25) is 13.1 Å². The highest BCUT2D eigenvalue weighted by Crippen LogP contribution is 2.29. The Hall–Kier alpha value is -0.953. The van der Waals surface area contributed by atoms with E-state index < -0.39 is 49.8 Å². The third-order valence-corrected chi connectivity index (χ3v) is 3.08. The Kier molecular flexibility index (Phi) is 4.26. The van der Waals surface area contributed by atoms with Crippen LogP contribution in [0, 0.1) is 29.1 Å². The molecule has 0 bridgehead atoms. The van der Waals surface area contributed by atoms with Crippen molar-refractivity contribution in [1.29, 1.82) is 0 Å². The van der Waals surface area contributed by atoms with Gasteiger partial charge in [0, 0.05) is 0 Å². The molecular weight excluding hydrogens is 259 g/mol. The molecule has 1 aromatic carbocycles. The van der Waals surface area contributed by atoms with Crippen LogP contribution in [-0.2, 0) is 4.43 Å². The number of hydrogen-bond acceptors (Lipinski definition) is 1. The minimum Gasteiger partial charge on any atom is -0.414 e. The lowest BCUT2D eigenvalue weighted by molar-refractivity contribution is 0.212. The molecule has 0 N–H and O–H groups in total. The average molecular weight is 270 g/mol. The van der Waals surface area contributed by atoms with Crippen LogP contribution in [0.4, 0.5) is 22.0 Å². The second-order valence-electron chi connectivity index (χ2n) is 3.81. The molecule has 1 atom stereocenters. The van der Waals surface area contributed by atoms with Crippen LogP contribution >= 0.6 is 0 Å². The molecule has 0 fully saturated rings. The second-order valence-corrected chi connectivity index (χ2v) is 6.18. The van der Waals surface area contributed by atoms with Gasteiger partial charge < -0.3 is 4.43 Å². The Bertz CT molecular complexity index is 406. The van der Waals surface area contributed by atoms with Gasteiger partial charge in [0.2, 0.25) is 5.82 Å². The molecule has 0 spiro atoms. The molecule has 1 aromatic rings. The maximum Gasteiger partial charge on any atom is 0.200 e. The Balaban J connectivity index is 3.33. The largest absolute Gasteiger partial charge is 0.414 e. The first-order valence-corrected chi connectivity index (χ1v) is 7.72. The molecule has 0 aliphatic heterocycles. The van der Waals surface area contributed by atoms with Crippen LogP contribution in [0.25, 0.3) is 0 Å². The molecule has 1 rings (SSSR count). The van der Waals surface area contributed by atoms with Crippen LogP contribution in [0.5, 0.6) is 0 Å². The smallest absolute Gasteiger partial charge is 0.200 e. The molecule has 0 amide bonds. The quantitative estimate of drug-likeness (QED) is 0.354. The van der Waals surface area contributed by atoms with Crippen LogP contribution in [0.3, 0.4) is 0 Å². The minimum absolute atomic E-state index is 0.914. The maximum atomic E-state index is 13.3. The van der Waals surface area contributed by atoms with Crippen molar-refractivity contribution >= 4 is 9.04 Å². The van der Waals surface area contributed by atoms with Crippen molar-refractivity contribution in [3.63, 3.8) is 0 Å². The number of rotatable bonds is 3. The van der Waals surface area contributed by atoms with Crippen LogP contribution < -0.4 is 0 Å². The topological polar surface area (TPSA) is 9.23 Å². The molecule has 0 aliphatic rings. The van der Waals surface area contributed by atoms with Crippen molar-refractivity contribution in [1.82, 2.24) is 0 Å². The summed E-state index contributed by atoms with van der Waals surface area (Å²) >= 11 is 0. The second kappa shape index (κ2) is 5.13. The third kappa shape index (κ3) is 2.66. The van der Waals surface area contributed by atoms with Crippen molar-refractivity contribution in [2.75, 3.05) is 0 Å². The molecule has 1 unspecified atom stereocenters. The van der Waals surface area contributed by atoms with Gasteiger partial charge in [0.25, 0.3) is 0 Å². The zero-order valence-corrected chi connectivity index (χ0v) is 10.6. The zero-order chi connectivity index (χ0) is 13.3. The summed E-state index contributed by atoms with van der Waals surface area (Å²) in [6.45, 7) is 4.70. The summed E-state index contributed by atoms with van der Waals surface area (Å²) in [5.74, 6) is -9.70. The summed E-state index contributed by atoms with van der Waals surface area (Å²) in [4.78, 5) is 0. The summed E-state index contributed by atoms with van der Waals surface area (Å²) in [5.41, 5.74) is -0.914. The maximum absolute atomic E-state index is 13.3. The van der Waals surface area contributed by atoms with Crippen molar-refractivity contribution in [2.24, 2.45) is 0 Å². The van der Waals surface area contributed by atoms with E-state index in [4.69, 9.17) is 4.43 Å². The summed E-state index contributed by atoms with van der Waals surface area (Å²) < 4.78 is 70.3. The van der Waals surface area contributed by atoms with Crippen molar-refractivity contribution in [3.05, 3.63) is 34.6 Å². The van der Waals surface area contributed by atoms with Gasteiger partial charge >= 0.3 is 0 Å². The van der Waals surface area contributed by atoms with Crippen molar-refractivity contribution in [2.45, 2.75) is 26.1 Å². The van der Waals surface area contributed by atoms with E-state index in [1.165, 1.54) is 6.92 Å². The van der Waals surface area contributed by atoms with E-state index in [-0.39, 0.29) is 0 Å². The summed E-state index contributed by atoms with van der Waals surface area (Å²) in [6.07, 6.45) is -1.16. The van der Waals surface area contributed by atoms with E-state index in [1.54, 1.807) is 13.1 Å². The third-order valence-electron chi connectivity index (χ3n) is 2.13. The first-order chi connectivity index (χ1) is 7.77. The fourth-order valence-corrected chi connectivity index (χ4v) is 2.41. The van der Waals surface area contributed by atoms with Gasteiger partial charge in [-0.1, -0.05) is 0 Å². The molecular formula is C10H11F5OSi. The van der Waals surface area contributed by atoms with Gasteiger partial charge in [0.05, 0.1) is 11.7 Å². The average Bonchev–Trinajstić information content (AvgIpc) is 2.23. The number of halogens is 5. The molecule has 0 aromatic heterocycles. The molecule has 1 nitrogen and oxygen atoms in total. The fourth-order valence-electron chi connectivity index (χ4n) is 1.46. The van der Waals surface area contributed by atoms with Crippen LogP contribution in [-0.4, -0.2) is 9.04 Å². The lowest BCUT2D eigenvalue weighted by atomic mass is 10.1. The van der Waals surface area contributed by atoms with Gasteiger partial charge in [-0.3, -0.25) is 0 Å². The predicted octanol–water partition coefficient (Wildman–Crippen LogP) is 3.44. The minimum atomic E-state index is -2.15. The molecule has 0 aliphatic carbocycles. The van der Waals surface area contributed by atoms with Crippen molar-refractivity contribution in [3.8, 4) is 0 Å². The lowest BCUT2D eigenvalue weighted by Gasteiger charge is -2.18. The van der Waals surface area contributed by atoms with E-state index in [2.05, 4.69) is 0 Å². The summed E-state index contributed by atoms with van der Waals surface area (Å²) in [7, 11) is -1.66. The highest BCUT2D eigenvalue weighted by Gasteiger charge is 2.29. The first-order valence-electron chi connectivity index (χ1n) is 4.94. The van der Waals surface area contributed by atoms with E-state index in [1.807, 2.05) is 0 Å². The van der Waals surface area contributed by atoms with Gasteiger partial charge in [-0.25, -0.2) is 22.0 Å². The van der Waals surface area contributed by atoms with Gasteiger partial charge in [0.15, 0.2) is 32.3 Å². The zero-order valence-electron chi connectivity index (χ0n) is 9.45. The fraction of sp³-hybridized carbons (Fsp3) is 0.400. The van der Waals surface area contributed by atoms with E-state index in [0.717, 1.165) is 0 Å². The van der Waals surface area contributed by atoms with Gasteiger partial charge in [-0.05, 0) is 20.0 Å². The van der Waals surface area contributed by atoms with Gasteiger partial charge in [-0.2, -0.15) is 0 Å². The summed E-state index contributed by atoms with van der Waals surface area (Å²) in [5, 5.41) is 0. The molecule has 0 heterocycles. The monoisotopic (exact) mass is 270 g/mol. The Labute approximate surface area is 96.9 Å². The normalized spacial score (nSPS) is 13.2. The van der Waals surface area contributed by atoms with E-state index in [0.29, 0.717) is 0 Å². The first kappa shape index (κ1) is 14.1. The molecule has 7 heteroatoms. The highest BCUT2D eigenvalue weighted by molar-refractivity contribution is 6.48.